The molecule has 0 unspecified atom stereocenters. The molecule has 2 aromatic carbocycles. The van der Waals surface area contributed by atoms with E-state index in [4.69, 9.17) is 11.6 Å². The zero-order valence-electron chi connectivity index (χ0n) is 16.8. The van der Waals surface area contributed by atoms with Gasteiger partial charge >= 0.3 is 0 Å². The lowest BCUT2D eigenvalue weighted by Crippen LogP contribution is -2.48. The van der Waals surface area contributed by atoms with Crippen LogP contribution in [0.25, 0.3) is 0 Å². The monoisotopic (exact) mass is 471 g/mol. The van der Waals surface area contributed by atoms with E-state index in [-0.39, 0.29) is 11.8 Å². The molecule has 8 heteroatoms. The normalized spacial score (nSPS) is 13.8. The maximum Gasteiger partial charge on any atom is 0.264 e. The molecule has 0 radical (unpaired) electrons. The largest absolute Gasteiger partial charge is 0.368 e. The summed E-state index contributed by atoms with van der Waals surface area (Å²) in [7, 11) is 0. The molecule has 1 fully saturated rings. The Hall–Kier alpha value is -2.48. The molecule has 1 aliphatic rings. The molecular weight excluding hydrogens is 450 g/mol. The number of benzene rings is 2. The Labute approximate surface area is 195 Å². The summed E-state index contributed by atoms with van der Waals surface area (Å²) in [6.45, 7) is 3.00. The summed E-state index contributed by atoms with van der Waals surface area (Å²) in [5, 5.41) is 5.55. The smallest absolute Gasteiger partial charge is 0.264 e. The summed E-state index contributed by atoms with van der Waals surface area (Å²) in [6, 6.07) is 19.1. The number of carbonyl (C=O) groups is 2. The number of nitrogens with zero attached hydrogens (tertiary/aromatic N) is 2. The van der Waals surface area contributed by atoms with Crippen LogP contribution in [0.2, 0.25) is 5.02 Å². The van der Waals surface area contributed by atoms with Crippen LogP contribution in [-0.4, -0.2) is 48.6 Å². The highest BCUT2D eigenvalue weighted by Gasteiger charge is 2.22. The summed E-state index contributed by atoms with van der Waals surface area (Å²) in [5.74, 6) is 0.404. The molecule has 5 nitrogen and oxygen atoms in total. The summed E-state index contributed by atoms with van der Waals surface area (Å²) >= 11 is 8.84. The molecule has 3 aromatic rings. The second-order valence-electron chi connectivity index (χ2n) is 7.09. The van der Waals surface area contributed by atoms with Gasteiger partial charge in [0.1, 0.15) is 0 Å². The Morgan fingerprint density at radius 3 is 2.32 bits per heavy atom. The third-order valence-electron chi connectivity index (χ3n) is 5.00. The first kappa shape index (κ1) is 21.7. The fourth-order valence-corrected chi connectivity index (χ4v) is 4.87. The number of thioether (sulfide) groups is 1. The average Bonchev–Trinajstić information content (AvgIpc) is 3.34. The van der Waals surface area contributed by atoms with Crippen LogP contribution in [0.1, 0.15) is 9.67 Å². The van der Waals surface area contributed by atoms with E-state index in [1.165, 1.54) is 23.1 Å². The summed E-state index contributed by atoms with van der Waals surface area (Å²) in [6.07, 6.45) is 0. The first-order valence-corrected chi connectivity index (χ1v) is 12.2. The number of nitrogens with one attached hydrogen (secondary N) is 1. The van der Waals surface area contributed by atoms with E-state index in [9.17, 15) is 9.59 Å². The van der Waals surface area contributed by atoms with Crippen molar-refractivity contribution in [2.75, 3.05) is 42.1 Å². The van der Waals surface area contributed by atoms with E-state index in [0.29, 0.717) is 23.9 Å². The zero-order chi connectivity index (χ0) is 21.6. The van der Waals surface area contributed by atoms with Crippen LogP contribution in [0.3, 0.4) is 0 Å². The third-order valence-corrected chi connectivity index (χ3v) is 7.12. The SMILES string of the molecule is O=C(CSc1ccc(Cl)cc1)Nc1ccc(N2CCN(C(=O)c3cccs3)CC2)cc1. The first-order chi connectivity index (χ1) is 15.1. The highest BCUT2D eigenvalue weighted by atomic mass is 35.5. The fourth-order valence-electron chi connectivity index (χ4n) is 3.36. The Morgan fingerprint density at radius 2 is 1.68 bits per heavy atom. The lowest BCUT2D eigenvalue weighted by Gasteiger charge is -2.36. The van der Waals surface area contributed by atoms with Crippen molar-refractivity contribution in [2.45, 2.75) is 4.90 Å². The van der Waals surface area contributed by atoms with Crippen LogP contribution in [-0.2, 0) is 4.79 Å². The van der Waals surface area contributed by atoms with Crippen molar-refractivity contribution < 1.29 is 9.59 Å². The van der Waals surface area contributed by atoms with Crippen molar-refractivity contribution in [3.8, 4) is 0 Å². The minimum atomic E-state index is -0.0478. The first-order valence-electron chi connectivity index (χ1n) is 9.94. The van der Waals surface area contributed by atoms with Gasteiger partial charge in [0.15, 0.2) is 0 Å². The van der Waals surface area contributed by atoms with Gasteiger partial charge in [-0.3, -0.25) is 9.59 Å². The maximum atomic E-state index is 12.5. The molecule has 2 heterocycles. The number of hydrogen-bond donors (Lipinski definition) is 1. The Kier molecular flexibility index (Phi) is 7.17. The van der Waals surface area contributed by atoms with Crippen LogP contribution < -0.4 is 10.2 Å². The zero-order valence-corrected chi connectivity index (χ0v) is 19.2. The molecule has 31 heavy (non-hydrogen) atoms. The molecule has 0 aliphatic carbocycles. The van der Waals surface area contributed by atoms with Crippen LogP contribution in [0.15, 0.2) is 70.9 Å². The van der Waals surface area contributed by atoms with E-state index >= 15 is 0 Å². The van der Waals surface area contributed by atoms with E-state index in [1.54, 1.807) is 0 Å². The lowest BCUT2D eigenvalue weighted by atomic mass is 10.2. The highest BCUT2D eigenvalue weighted by molar-refractivity contribution is 8.00. The van der Waals surface area contributed by atoms with Crippen molar-refractivity contribution in [2.24, 2.45) is 0 Å². The van der Waals surface area contributed by atoms with Crippen LogP contribution in [0.4, 0.5) is 11.4 Å². The molecule has 1 saturated heterocycles. The topological polar surface area (TPSA) is 52.7 Å². The highest BCUT2D eigenvalue weighted by Crippen LogP contribution is 2.23. The third kappa shape index (κ3) is 5.81. The molecule has 0 saturated carbocycles. The number of carbonyl (C=O) groups excluding carboxylic acids is 2. The molecule has 0 atom stereocenters. The number of thiophene rings is 1. The van der Waals surface area contributed by atoms with Crippen molar-refractivity contribution in [1.82, 2.24) is 4.90 Å². The Morgan fingerprint density at radius 1 is 0.968 bits per heavy atom. The molecule has 1 aromatic heterocycles. The minimum Gasteiger partial charge on any atom is -0.368 e. The second-order valence-corrected chi connectivity index (χ2v) is 9.53. The van der Waals surface area contributed by atoms with Gasteiger partial charge in [-0.15, -0.1) is 23.1 Å². The maximum absolute atomic E-state index is 12.5. The number of piperazine rings is 1. The van der Waals surface area contributed by atoms with Crippen molar-refractivity contribution >= 4 is 57.9 Å². The minimum absolute atomic E-state index is 0.0478. The van der Waals surface area contributed by atoms with Crippen molar-refractivity contribution in [1.29, 1.82) is 0 Å². The molecule has 1 aliphatic heterocycles. The van der Waals surface area contributed by atoms with Gasteiger partial charge in [-0.05, 0) is 60.0 Å². The number of hydrogen-bond acceptors (Lipinski definition) is 5. The van der Waals surface area contributed by atoms with Crippen LogP contribution >= 0.6 is 34.7 Å². The summed E-state index contributed by atoms with van der Waals surface area (Å²) < 4.78 is 0. The van der Waals surface area contributed by atoms with Gasteiger partial charge in [-0.2, -0.15) is 0 Å². The van der Waals surface area contributed by atoms with Gasteiger partial charge in [0, 0.05) is 47.5 Å². The van der Waals surface area contributed by atoms with Gasteiger partial charge in [0.25, 0.3) is 5.91 Å². The second kappa shape index (κ2) is 10.2. The predicted molar refractivity (Wildman–Crippen MR) is 130 cm³/mol. The Balaban J connectivity index is 1.25. The molecule has 4 rings (SSSR count). The number of amides is 2. The van der Waals surface area contributed by atoms with E-state index in [2.05, 4.69) is 10.2 Å². The molecule has 0 spiro atoms. The van der Waals surface area contributed by atoms with Gasteiger partial charge in [0.2, 0.25) is 5.91 Å². The van der Waals surface area contributed by atoms with E-state index in [0.717, 1.165) is 34.2 Å². The van der Waals surface area contributed by atoms with Gasteiger partial charge in [-0.1, -0.05) is 17.7 Å². The van der Waals surface area contributed by atoms with Gasteiger partial charge in [0.05, 0.1) is 10.6 Å². The molecule has 1 N–H and O–H groups in total. The van der Waals surface area contributed by atoms with E-state index in [1.807, 2.05) is 70.9 Å². The standard InChI is InChI=1S/C23H22ClN3O2S2/c24-17-3-9-20(10-4-17)31-16-22(28)25-18-5-7-19(8-6-18)26-11-13-27(14-12-26)23(29)21-2-1-15-30-21/h1-10,15H,11-14,16H2,(H,25,28). The van der Waals surface area contributed by atoms with Gasteiger partial charge in [-0.25, -0.2) is 0 Å². The average molecular weight is 472 g/mol. The molecule has 160 valence electrons. The Bertz CT molecular complexity index is 1020. The molecule has 2 amide bonds. The number of halogens is 1. The quantitative estimate of drug-likeness (QED) is 0.508. The van der Waals surface area contributed by atoms with Crippen molar-refractivity contribution in [3.63, 3.8) is 0 Å². The van der Waals surface area contributed by atoms with E-state index < -0.39 is 0 Å². The molecular formula is C23H22ClN3O2S2. The van der Waals surface area contributed by atoms with Crippen LogP contribution in [0.5, 0.6) is 0 Å². The number of anilines is 2. The predicted octanol–water partition coefficient (Wildman–Crippen LogP) is 5.09. The summed E-state index contributed by atoms with van der Waals surface area (Å²) in [5.41, 5.74) is 1.87. The van der Waals surface area contributed by atoms with Crippen molar-refractivity contribution in [3.05, 3.63) is 75.9 Å². The number of rotatable bonds is 6. The fraction of sp³-hybridized carbons (Fsp3) is 0.217. The summed E-state index contributed by atoms with van der Waals surface area (Å²) in [4.78, 5) is 30.7. The lowest BCUT2D eigenvalue weighted by molar-refractivity contribution is -0.113. The van der Waals surface area contributed by atoms with Gasteiger partial charge < -0.3 is 15.1 Å². The van der Waals surface area contributed by atoms with Crippen LogP contribution in [0, 0.1) is 0 Å². The molecule has 0 bridgehead atoms.